The Morgan fingerprint density at radius 1 is 1.29 bits per heavy atom. The second kappa shape index (κ2) is 5.67. The molecule has 1 atom stereocenters. The molecule has 0 aliphatic heterocycles. The van der Waals surface area contributed by atoms with Gasteiger partial charge in [0.05, 0.1) is 0 Å². The Morgan fingerprint density at radius 3 is 2.06 bits per heavy atom. The summed E-state index contributed by atoms with van der Waals surface area (Å²) in [7, 11) is -5.87. The van der Waals surface area contributed by atoms with Crippen molar-refractivity contribution in [3.63, 3.8) is 0 Å². The molecular formula is C8H13F3O5S. The van der Waals surface area contributed by atoms with Gasteiger partial charge < -0.3 is 5.11 Å². The predicted molar refractivity (Wildman–Crippen MR) is 51.6 cm³/mol. The first kappa shape index (κ1) is 16.2. The zero-order chi connectivity index (χ0) is 13.9. The highest BCUT2D eigenvalue weighted by Gasteiger charge is 2.49. The van der Waals surface area contributed by atoms with Crippen LogP contribution in [0, 0.1) is 5.92 Å². The second-order valence-electron chi connectivity index (χ2n) is 3.79. The third-order valence-electron chi connectivity index (χ3n) is 1.81. The van der Waals surface area contributed by atoms with Crippen molar-refractivity contribution in [1.82, 2.24) is 0 Å². The third kappa shape index (κ3) is 5.35. The molecule has 0 rings (SSSR count). The van der Waals surface area contributed by atoms with Gasteiger partial charge in [-0.2, -0.15) is 21.6 Å². The van der Waals surface area contributed by atoms with Gasteiger partial charge in [0, 0.05) is 0 Å². The first-order chi connectivity index (χ1) is 7.47. The number of halogens is 3. The molecule has 0 aromatic rings. The molecule has 0 aromatic heterocycles. The lowest BCUT2D eigenvalue weighted by molar-refractivity contribution is -0.146. The highest BCUT2D eigenvalue weighted by Crippen LogP contribution is 2.26. The summed E-state index contributed by atoms with van der Waals surface area (Å²) in [4.78, 5) is 10.6. The summed E-state index contributed by atoms with van der Waals surface area (Å²) in [6, 6.07) is 0. The van der Waals surface area contributed by atoms with E-state index in [-0.39, 0.29) is 18.8 Å². The Kier molecular flexibility index (Phi) is 5.40. The van der Waals surface area contributed by atoms with E-state index in [4.69, 9.17) is 5.11 Å². The molecule has 17 heavy (non-hydrogen) atoms. The third-order valence-corrected chi connectivity index (χ3v) is 2.86. The predicted octanol–water partition coefficient (Wildman–Crippen LogP) is 1.74. The van der Waals surface area contributed by atoms with E-state index in [0.717, 1.165) is 0 Å². The zero-order valence-electron chi connectivity index (χ0n) is 9.19. The van der Waals surface area contributed by atoms with Crippen LogP contribution in [0.3, 0.4) is 0 Å². The molecule has 102 valence electrons. The van der Waals surface area contributed by atoms with Crippen LogP contribution in [0.5, 0.6) is 0 Å². The van der Waals surface area contributed by atoms with E-state index in [0.29, 0.717) is 0 Å². The highest BCUT2D eigenvalue weighted by atomic mass is 32.2. The summed E-state index contributed by atoms with van der Waals surface area (Å²) < 4.78 is 60.7. The second-order valence-corrected chi connectivity index (χ2v) is 5.36. The molecule has 0 aromatic carbocycles. The van der Waals surface area contributed by atoms with E-state index in [1.807, 2.05) is 0 Å². The SMILES string of the molecule is CC(C)CCC(OS(=O)(=O)C(F)(F)F)C(=O)O. The Balaban J connectivity index is 4.73. The highest BCUT2D eigenvalue weighted by molar-refractivity contribution is 7.87. The van der Waals surface area contributed by atoms with Crippen molar-refractivity contribution in [3.05, 3.63) is 0 Å². The minimum absolute atomic E-state index is 0.0223. The molecule has 0 aliphatic rings. The Labute approximate surface area is 96.7 Å². The van der Waals surface area contributed by atoms with Crippen LogP contribution in [0.15, 0.2) is 0 Å². The van der Waals surface area contributed by atoms with Crippen molar-refractivity contribution in [1.29, 1.82) is 0 Å². The Bertz CT molecular complexity index is 360. The molecule has 0 spiro atoms. The van der Waals surface area contributed by atoms with Crippen molar-refractivity contribution in [2.75, 3.05) is 0 Å². The number of alkyl halides is 3. The van der Waals surface area contributed by atoms with E-state index < -0.39 is 27.7 Å². The summed E-state index contributed by atoms with van der Waals surface area (Å²) in [5, 5.41) is 8.56. The monoisotopic (exact) mass is 278 g/mol. The van der Waals surface area contributed by atoms with Gasteiger partial charge in [-0.3, -0.25) is 0 Å². The molecule has 0 fully saturated rings. The lowest BCUT2D eigenvalue weighted by Gasteiger charge is -2.15. The van der Waals surface area contributed by atoms with Crippen LogP contribution < -0.4 is 0 Å². The van der Waals surface area contributed by atoms with Crippen molar-refractivity contribution in [3.8, 4) is 0 Å². The van der Waals surface area contributed by atoms with Gasteiger partial charge in [-0.1, -0.05) is 13.8 Å². The molecule has 5 nitrogen and oxygen atoms in total. The summed E-state index contributed by atoms with van der Waals surface area (Å²) in [5.41, 5.74) is -5.61. The molecule has 0 radical (unpaired) electrons. The molecule has 0 amide bonds. The van der Waals surface area contributed by atoms with Crippen LogP contribution in [0.4, 0.5) is 13.2 Å². The topological polar surface area (TPSA) is 80.7 Å². The Morgan fingerprint density at radius 2 is 1.76 bits per heavy atom. The van der Waals surface area contributed by atoms with Crippen LogP contribution in [0.2, 0.25) is 0 Å². The first-order valence-electron chi connectivity index (χ1n) is 4.69. The van der Waals surface area contributed by atoms with E-state index >= 15 is 0 Å². The van der Waals surface area contributed by atoms with Crippen molar-refractivity contribution < 1.29 is 35.7 Å². The summed E-state index contributed by atoms with van der Waals surface area (Å²) in [6.45, 7) is 3.44. The van der Waals surface area contributed by atoms with Gasteiger partial charge in [0.1, 0.15) is 0 Å². The fraction of sp³-hybridized carbons (Fsp3) is 0.875. The number of carbonyl (C=O) groups is 1. The maximum absolute atomic E-state index is 12.0. The van der Waals surface area contributed by atoms with E-state index in [1.165, 1.54) is 0 Å². The smallest absolute Gasteiger partial charge is 0.479 e. The van der Waals surface area contributed by atoms with Gasteiger partial charge in [-0.25, -0.2) is 8.98 Å². The van der Waals surface area contributed by atoms with Crippen LogP contribution in [0.1, 0.15) is 26.7 Å². The molecule has 1 N–H and O–H groups in total. The largest absolute Gasteiger partial charge is 0.523 e. The van der Waals surface area contributed by atoms with Crippen LogP contribution in [-0.2, 0) is 19.1 Å². The van der Waals surface area contributed by atoms with E-state index in [9.17, 15) is 26.4 Å². The molecule has 0 heterocycles. The molecular weight excluding hydrogens is 265 g/mol. The van der Waals surface area contributed by atoms with Gasteiger partial charge >= 0.3 is 21.6 Å². The van der Waals surface area contributed by atoms with Crippen molar-refractivity contribution in [2.24, 2.45) is 5.92 Å². The van der Waals surface area contributed by atoms with Gasteiger partial charge in [0.25, 0.3) is 0 Å². The maximum Gasteiger partial charge on any atom is 0.523 e. The number of hydrogen-bond acceptors (Lipinski definition) is 4. The van der Waals surface area contributed by atoms with Crippen molar-refractivity contribution >= 4 is 16.1 Å². The molecule has 1 unspecified atom stereocenters. The fourth-order valence-corrected chi connectivity index (χ4v) is 1.50. The Hall–Kier alpha value is -0.830. The number of carboxylic acids is 1. The molecule has 0 bridgehead atoms. The van der Waals surface area contributed by atoms with E-state index in [1.54, 1.807) is 13.8 Å². The fourth-order valence-electron chi connectivity index (χ4n) is 0.905. The van der Waals surface area contributed by atoms with Crippen LogP contribution in [-0.4, -0.2) is 31.1 Å². The average molecular weight is 278 g/mol. The van der Waals surface area contributed by atoms with Gasteiger partial charge in [0.2, 0.25) is 0 Å². The lowest BCUT2D eigenvalue weighted by atomic mass is 10.1. The molecule has 0 aliphatic carbocycles. The number of rotatable bonds is 6. The molecule has 9 heteroatoms. The summed E-state index contributed by atoms with van der Waals surface area (Å²) in [6.07, 6.45) is -2.07. The van der Waals surface area contributed by atoms with Crippen LogP contribution >= 0.6 is 0 Å². The summed E-state index contributed by atoms with van der Waals surface area (Å²) in [5.74, 6) is -1.72. The van der Waals surface area contributed by atoms with Gasteiger partial charge in [-0.15, -0.1) is 0 Å². The van der Waals surface area contributed by atoms with Crippen LogP contribution in [0.25, 0.3) is 0 Å². The minimum atomic E-state index is -5.87. The van der Waals surface area contributed by atoms with Crippen molar-refractivity contribution in [2.45, 2.75) is 38.3 Å². The normalized spacial score (nSPS) is 14.9. The standard InChI is InChI=1S/C8H13F3O5S/c1-5(2)3-4-6(7(12)13)16-17(14,15)8(9,10)11/h5-6H,3-4H2,1-2H3,(H,12,13). The minimum Gasteiger partial charge on any atom is -0.479 e. The maximum atomic E-state index is 12.0. The number of carboxylic acid groups (broad SMARTS) is 1. The van der Waals surface area contributed by atoms with E-state index in [2.05, 4.69) is 4.18 Å². The first-order valence-corrected chi connectivity index (χ1v) is 6.10. The molecule has 0 saturated heterocycles. The molecule has 0 saturated carbocycles. The zero-order valence-corrected chi connectivity index (χ0v) is 10.0. The number of aliphatic carboxylic acids is 1. The lowest BCUT2D eigenvalue weighted by Crippen LogP contribution is -2.34. The quantitative estimate of drug-likeness (QED) is 0.591. The van der Waals surface area contributed by atoms with Gasteiger partial charge in [-0.05, 0) is 18.8 Å². The average Bonchev–Trinajstić information content (AvgIpc) is 2.09. The number of hydrogen-bond donors (Lipinski definition) is 1. The summed E-state index contributed by atoms with van der Waals surface area (Å²) >= 11 is 0. The van der Waals surface area contributed by atoms with Gasteiger partial charge in [0.15, 0.2) is 6.10 Å².